The van der Waals surface area contributed by atoms with E-state index in [0.717, 1.165) is 16.0 Å². The van der Waals surface area contributed by atoms with Crippen LogP contribution in [0.2, 0.25) is 0 Å². The van der Waals surface area contributed by atoms with Crippen molar-refractivity contribution < 1.29 is 9.59 Å². The maximum absolute atomic E-state index is 13.0. The van der Waals surface area contributed by atoms with E-state index in [-0.39, 0.29) is 11.8 Å². The number of thiophene rings is 1. The molecule has 2 aromatic carbocycles. The number of benzene rings is 2. The van der Waals surface area contributed by atoms with Crippen LogP contribution in [-0.4, -0.2) is 16.7 Å². The molecule has 4 rings (SSSR count). The second-order valence-electron chi connectivity index (χ2n) is 6.20. The molecule has 5 heteroatoms. The van der Waals surface area contributed by atoms with E-state index in [2.05, 4.69) is 5.32 Å². The highest BCUT2D eigenvalue weighted by Gasteiger charge is 2.37. The first kappa shape index (κ1) is 16.5. The molecule has 0 spiro atoms. The lowest BCUT2D eigenvalue weighted by atomic mass is 10.0. The van der Waals surface area contributed by atoms with E-state index in [1.165, 1.54) is 0 Å². The van der Waals surface area contributed by atoms with Crippen LogP contribution in [0.1, 0.15) is 32.4 Å². The number of carbonyl (C=O) groups excluding carboxylic acids is 2. The first-order valence-electron chi connectivity index (χ1n) is 8.48. The molecular formula is C21H18N2O2S. The summed E-state index contributed by atoms with van der Waals surface area (Å²) in [5.41, 5.74) is 2.46. The van der Waals surface area contributed by atoms with Crippen LogP contribution >= 0.6 is 11.3 Å². The number of nitrogens with one attached hydrogen (secondary N) is 1. The minimum Gasteiger partial charge on any atom is -0.349 e. The molecule has 0 fully saturated rings. The van der Waals surface area contributed by atoms with Crippen molar-refractivity contribution in [2.75, 3.05) is 0 Å². The smallest absolute Gasteiger partial charge is 0.255 e. The van der Waals surface area contributed by atoms with Gasteiger partial charge in [-0.1, -0.05) is 54.6 Å². The predicted molar refractivity (Wildman–Crippen MR) is 102 cm³/mol. The number of fused-ring (bicyclic) bond motifs is 1. The zero-order valence-corrected chi connectivity index (χ0v) is 14.9. The molecule has 1 N–H and O–H groups in total. The highest BCUT2D eigenvalue weighted by atomic mass is 32.1. The molecule has 3 aromatic rings. The van der Waals surface area contributed by atoms with Crippen molar-refractivity contribution in [1.82, 2.24) is 10.2 Å². The van der Waals surface area contributed by atoms with Gasteiger partial charge in [0.15, 0.2) is 0 Å². The van der Waals surface area contributed by atoms with Crippen LogP contribution in [0.4, 0.5) is 0 Å². The largest absolute Gasteiger partial charge is 0.349 e. The van der Waals surface area contributed by atoms with Crippen molar-refractivity contribution in [2.24, 2.45) is 0 Å². The van der Waals surface area contributed by atoms with Gasteiger partial charge in [0.05, 0.1) is 6.54 Å². The molecular weight excluding hydrogens is 344 g/mol. The van der Waals surface area contributed by atoms with Gasteiger partial charge in [-0.3, -0.25) is 9.59 Å². The lowest BCUT2D eigenvalue weighted by molar-refractivity contribution is -0.126. The van der Waals surface area contributed by atoms with Crippen molar-refractivity contribution in [2.45, 2.75) is 19.1 Å². The first-order chi connectivity index (χ1) is 12.7. The summed E-state index contributed by atoms with van der Waals surface area (Å²) in [5, 5.41) is 4.97. The Morgan fingerprint density at radius 2 is 1.81 bits per heavy atom. The summed E-state index contributed by atoms with van der Waals surface area (Å²) in [7, 11) is 0. The van der Waals surface area contributed by atoms with E-state index in [4.69, 9.17) is 0 Å². The van der Waals surface area contributed by atoms with Gasteiger partial charge in [-0.25, -0.2) is 0 Å². The van der Waals surface area contributed by atoms with Gasteiger partial charge in [0.2, 0.25) is 5.91 Å². The van der Waals surface area contributed by atoms with Gasteiger partial charge >= 0.3 is 0 Å². The molecule has 4 nitrogen and oxygen atoms in total. The van der Waals surface area contributed by atoms with E-state index < -0.39 is 6.04 Å². The van der Waals surface area contributed by atoms with Gasteiger partial charge in [-0.15, -0.1) is 11.3 Å². The molecule has 0 bridgehead atoms. The quantitative estimate of drug-likeness (QED) is 0.751. The molecule has 0 radical (unpaired) electrons. The average Bonchev–Trinajstić information content (AvgIpc) is 3.30. The van der Waals surface area contributed by atoms with Gasteiger partial charge in [0, 0.05) is 17.0 Å². The summed E-state index contributed by atoms with van der Waals surface area (Å²) in [6, 6.07) is 20.3. The molecule has 2 amide bonds. The molecule has 1 unspecified atom stereocenters. The molecule has 0 saturated carbocycles. The number of hydrogen-bond donors (Lipinski definition) is 1. The van der Waals surface area contributed by atoms with Crippen molar-refractivity contribution in [3.05, 3.63) is 93.7 Å². The fourth-order valence-corrected chi connectivity index (χ4v) is 3.92. The van der Waals surface area contributed by atoms with Gasteiger partial charge < -0.3 is 10.2 Å². The Morgan fingerprint density at radius 3 is 2.54 bits per heavy atom. The Hall–Kier alpha value is -2.92. The fraction of sp³-hybridized carbons (Fsp3) is 0.143. The third-order valence-electron chi connectivity index (χ3n) is 4.54. The minimum atomic E-state index is -0.643. The number of carbonyl (C=O) groups is 2. The minimum absolute atomic E-state index is 0.0965. The van der Waals surface area contributed by atoms with E-state index in [0.29, 0.717) is 18.7 Å². The maximum atomic E-state index is 13.0. The van der Waals surface area contributed by atoms with Crippen LogP contribution in [0.25, 0.3) is 0 Å². The predicted octanol–water partition coefficient (Wildman–Crippen LogP) is 3.76. The SMILES string of the molecule is O=C(NCc1cccs1)C(c1ccccc1)N1Cc2ccccc2C1=O. The first-order valence-corrected chi connectivity index (χ1v) is 9.36. The van der Waals surface area contributed by atoms with Gasteiger partial charge in [-0.2, -0.15) is 0 Å². The van der Waals surface area contributed by atoms with Crippen LogP contribution < -0.4 is 5.32 Å². The number of hydrogen-bond acceptors (Lipinski definition) is 3. The molecule has 1 atom stereocenters. The normalized spacial score (nSPS) is 14.2. The Morgan fingerprint density at radius 1 is 1.04 bits per heavy atom. The van der Waals surface area contributed by atoms with Crippen molar-refractivity contribution in [3.63, 3.8) is 0 Å². The highest BCUT2D eigenvalue weighted by molar-refractivity contribution is 7.09. The topological polar surface area (TPSA) is 49.4 Å². The van der Waals surface area contributed by atoms with Crippen LogP contribution in [0.3, 0.4) is 0 Å². The lowest BCUT2D eigenvalue weighted by Crippen LogP contribution is -2.40. The zero-order valence-electron chi connectivity index (χ0n) is 14.1. The van der Waals surface area contributed by atoms with E-state index in [1.807, 2.05) is 72.1 Å². The molecule has 2 heterocycles. The molecule has 1 aromatic heterocycles. The second-order valence-corrected chi connectivity index (χ2v) is 7.23. The molecule has 0 aliphatic carbocycles. The maximum Gasteiger partial charge on any atom is 0.255 e. The zero-order chi connectivity index (χ0) is 17.9. The Bertz CT molecular complexity index is 922. The number of rotatable bonds is 5. The third kappa shape index (κ3) is 3.13. The van der Waals surface area contributed by atoms with E-state index >= 15 is 0 Å². The average molecular weight is 362 g/mol. The van der Waals surface area contributed by atoms with Crippen molar-refractivity contribution >= 4 is 23.2 Å². The van der Waals surface area contributed by atoms with Crippen LogP contribution in [0.15, 0.2) is 72.1 Å². The van der Waals surface area contributed by atoms with Crippen LogP contribution in [-0.2, 0) is 17.9 Å². The van der Waals surface area contributed by atoms with Crippen LogP contribution in [0.5, 0.6) is 0 Å². The van der Waals surface area contributed by atoms with Gasteiger partial charge in [-0.05, 0) is 28.6 Å². The third-order valence-corrected chi connectivity index (χ3v) is 5.42. The standard InChI is InChI=1S/C21H18N2O2S/c24-20(22-13-17-10-6-12-26-17)19(15-7-2-1-3-8-15)23-14-16-9-4-5-11-18(16)21(23)25/h1-12,19H,13-14H2,(H,22,24). The van der Waals surface area contributed by atoms with Crippen LogP contribution in [0, 0.1) is 0 Å². The molecule has 130 valence electrons. The fourth-order valence-electron chi connectivity index (χ4n) is 3.28. The number of amides is 2. The Kier molecular flexibility index (Phi) is 4.54. The van der Waals surface area contributed by atoms with E-state index in [1.54, 1.807) is 16.2 Å². The molecule has 0 saturated heterocycles. The summed E-state index contributed by atoms with van der Waals surface area (Å²) in [6.45, 7) is 0.913. The van der Waals surface area contributed by atoms with Gasteiger partial charge in [0.25, 0.3) is 5.91 Å². The lowest BCUT2D eigenvalue weighted by Gasteiger charge is -2.27. The molecule has 1 aliphatic heterocycles. The summed E-state index contributed by atoms with van der Waals surface area (Å²) in [5.74, 6) is -0.258. The molecule has 26 heavy (non-hydrogen) atoms. The summed E-state index contributed by atoms with van der Waals surface area (Å²) in [4.78, 5) is 28.7. The van der Waals surface area contributed by atoms with Gasteiger partial charge in [0.1, 0.15) is 6.04 Å². The summed E-state index contributed by atoms with van der Waals surface area (Å²) < 4.78 is 0. The monoisotopic (exact) mass is 362 g/mol. The summed E-state index contributed by atoms with van der Waals surface area (Å²) >= 11 is 1.60. The van der Waals surface area contributed by atoms with Crippen molar-refractivity contribution in [1.29, 1.82) is 0 Å². The number of nitrogens with zero attached hydrogens (tertiary/aromatic N) is 1. The Balaban J connectivity index is 1.62. The Labute approximate surface area is 156 Å². The second kappa shape index (κ2) is 7.14. The van der Waals surface area contributed by atoms with E-state index in [9.17, 15) is 9.59 Å². The van der Waals surface area contributed by atoms with Crippen molar-refractivity contribution in [3.8, 4) is 0 Å². The highest BCUT2D eigenvalue weighted by Crippen LogP contribution is 2.31. The molecule has 1 aliphatic rings. The summed E-state index contributed by atoms with van der Waals surface area (Å²) in [6.07, 6.45) is 0.